The summed E-state index contributed by atoms with van der Waals surface area (Å²) in [6, 6.07) is 89.4. The third-order valence-electron chi connectivity index (χ3n) is 33.9. The lowest BCUT2D eigenvalue weighted by Crippen LogP contribution is -2.35. The molecule has 702 valence electrons. The van der Waals surface area contributed by atoms with Crippen molar-refractivity contribution in [2.24, 2.45) is 41.2 Å². The first kappa shape index (κ1) is 93.5. The minimum Gasteiger partial charge on any atom is -0.206 e. The third-order valence-corrected chi connectivity index (χ3v) is 33.9. The highest BCUT2D eigenvalue weighted by atomic mass is 19.1. The molecular weight excluding hydrogens is 1670 g/mol. The van der Waals surface area contributed by atoms with Crippen LogP contribution in [0.5, 0.6) is 0 Å². The molecule has 23 rings (SSSR count). The number of hydrogen-bond donors (Lipinski definition) is 0. The Labute approximate surface area is 824 Å². The van der Waals surface area contributed by atoms with Crippen molar-refractivity contribution in [1.29, 1.82) is 0 Å². The number of aromatic nitrogens is 5. The molecule has 0 N–H and O–H groups in total. The molecule has 5 saturated carbocycles. The maximum absolute atomic E-state index is 14.4. The van der Waals surface area contributed by atoms with Crippen molar-refractivity contribution in [1.82, 2.24) is 0 Å². The molecule has 6 aliphatic carbocycles. The van der Waals surface area contributed by atoms with Crippen LogP contribution in [0.15, 0.2) is 243 Å². The molecule has 0 spiro atoms. The van der Waals surface area contributed by atoms with Gasteiger partial charge in [-0.3, -0.25) is 0 Å². The molecule has 138 heavy (non-hydrogen) atoms. The van der Waals surface area contributed by atoms with Gasteiger partial charge in [-0.25, -0.2) is 8.96 Å². The Hall–Kier alpha value is -12.1. The van der Waals surface area contributed by atoms with E-state index in [0.717, 1.165) is 40.1 Å². The average Bonchev–Trinajstić information content (AvgIpc) is 1.57. The van der Waals surface area contributed by atoms with E-state index in [-0.39, 0.29) is 11.2 Å². The number of benzene rings is 12. The Morgan fingerprint density at radius 1 is 0.283 bits per heavy atom. The van der Waals surface area contributed by atoms with Crippen LogP contribution in [0, 0.1) is 102 Å². The van der Waals surface area contributed by atoms with Crippen molar-refractivity contribution in [2.45, 2.75) is 268 Å². The zero-order valence-electron chi connectivity index (χ0n) is 87.4. The van der Waals surface area contributed by atoms with Gasteiger partial charge in [-0.05, 0) is 343 Å². The normalized spacial score (nSPS) is 15.6. The van der Waals surface area contributed by atoms with E-state index in [9.17, 15) is 4.39 Å². The van der Waals surface area contributed by atoms with Crippen LogP contribution in [-0.4, -0.2) is 0 Å². The summed E-state index contributed by atoms with van der Waals surface area (Å²) >= 11 is 0. The molecule has 12 aromatic carbocycles. The number of halogens is 1. The first-order valence-electron chi connectivity index (χ1n) is 52.8. The van der Waals surface area contributed by atoms with Gasteiger partial charge in [0.2, 0.25) is 28.5 Å². The predicted octanol–water partition coefficient (Wildman–Crippen LogP) is 32.6. The summed E-state index contributed by atoms with van der Waals surface area (Å²) in [4.78, 5) is 0. The van der Waals surface area contributed by atoms with E-state index in [2.05, 4.69) is 354 Å². The van der Waals surface area contributed by atoms with Gasteiger partial charge in [0.05, 0.1) is 49.2 Å². The Balaban J connectivity index is 0.000000111. The van der Waals surface area contributed by atoms with Crippen LogP contribution < -0.4 is 22.8 Å². The predicted molar refractivity (Wildman–Crippen MR) is 580 cm³/mol. The molecule has 0 saturated heterocycles. The van der Waals surface area contributed by atoms with E-state index in [4.69, 9.17) is 1.37 Å². The number of hydrogen-bond acceptors (Lipinski definition) is 0. The summed E-state index contributed by atoms with van der Waals surface area (Å²) in [7, 11) is 10.7. The number of fused-ring (bicyclic) bond motifs is 9. The van der Waals surface area contributed by atoms with Gasteiger partial charge in [0.1, 0.15) is 42.4 Å². The van der Waals surface area contributed by atoms with Gasteiger partial charge >= 0.3 is 0 Å². The summed E-state index contributed by atoms with van der Waals surface area (Å²) < 4.78 is 34.3. The molecule has 5 aromatic heterocycles. The van der Waals surface area contributed by atoms with Gasteiger partial charge in [-0.15, -0.1) is 0 Å². The first-order valence-corrected chi connectivity index (χ1v) is 52.3. The maximum Gasteiger partial charge on any atom is 0.220 e. The molecule has 0 aliphatic heterocycles. The summed E-state index contributed by atoms with van der Waals surface area (Å²) in [5.41, 5.74) is 41.5. The van der Waals surface area contributed by atoms with Crippen LogP contribution in [0.1, 0.15) is 279 Å². The van der Waals surface area contributed by atoms with Crippen molar-refractivity contribution in [3.05, 3.63) is 360 Å². The van der Waals surface area contributed by atoms with Gasteiger partial charge in [0.25, 0.3) is 0 Å². The van der Waals surface area contributed by atoms with Crippen LogP contribution in [0.25, 0.3) is 132 Å². The second-order valence-electron chi connectivity index (χ2n) is 43.3. The molecule has 0 radical (unpaired) electrons. The lowest BCUT2D eigenvalue weighted by Gasteiger charge is -2.22. The summed E-state index contributed by atoms with van der Waals surface area (Å²) in [5.74, 6) is 3.73. The van der Waals surface area contributed by atoms with E-state index >= 15 is 0 Å². The fourth-order valence-corrected chi connectivity index (χ4v) is 25.2. The average molecular weight is 1820 g/mol. The Morgan fingerprint density at radius 3 is 1.16 bits per heavy atom. The molecule has 0 bridgehead atoms. The molecule has 6 heteroatoms. The lowest BCUT2D eigenvalue weighted by molar-refractivity contribution is -0.665. The number of pyridine rings is 5. The molecule has 0 unspecified atom stereocenters. The van der Waals surface area contributed by atoms with Crippen LogP contribution in [0.2, 0.25) is 0 Å². The van der Waals surface area contributed by atoms with Crippen LogP contribution in [0.4, 0.5) is 4.39 Å². The number of nitrogens with zero attached hydrogens (tertiary/aromatic N) is 5. The monoisotopic (exact) mass is 1820 g/mol. The summed E-state index contributed by atoms with van der Waals surface area (Å²) in [5, 5.41) is 15.8. The second-order valence-corrected chi connectivity index (χ2v) is 43.3. The molecule has 0 atom stereocenters. The minimum atomic E-state index is -0.0839. The van der Waals surface area contributed by atoms with Gasteiger partial charge in [-0.1, -0.05) is 242 Å². The smallest absolute Gasteiger partial charge is 0.206 e. The lowest BCUT2D eigenvalue weighted by atomic mass is 9.81. The van der Waals surface area contributed by atoms with Gasteiger partial charge in [0, 0.05) is 69.0 Å². The van der Waals surface area contributed by atoms with Crippen molar-refractivity contribution in [3.8, 4) is 67.4 Å². The van der Waals surface area contributed by atoms with Crippen molar-refractivity contribution >= 4 is 64.6 Å². The standard InChI is InChI=1S/C32H34N.C27H28N.C25H29FN.2C24H28N/c1-20-16-28-26-12-8-9-13-29(26)32(3,4)30(28)19-27(20)31-25-15-14-23(22-10-6-7-11-22)18-24(25)17-21(2)33(31)5;1-18-14-21-10-6-7-11-22(21)17-26(18)27-25-13-12-23(20-8-4-5-9-20)16-24(25)15-19(2)28(27)3;1-15-12-23(17(3)18(4)24(15)26)25-22-11-10-20(19-8-6-7-9-19)14-21(22)13-16(2)27(25)5;1-16-13-17(2)18(3)23(14-16)24-22-10-9-20(19-7-5-6-8-19)15-21(22)11-12-25(24)4;1-17-8-4-7-11-22(17)24-23-13-12-20(15-19-9-5-6-10-19)16-21(23)14-18(2)25(24)3/h8-9,12-19,22H,6-7,10-11H2,1-5H3;6-7,10-17,20H,4-5,8-9H2,1-3H3;10-14,19H,6-9H2,1-5H3;9-15,19H,5-8H2,1-4H3;4,7-8,11-14,16,19H,5-6,9-10,15H2,1-3H3/q5*+1/i;;;12D;. The van der Waals surface area contributed by atoms with E-state index in [1.54, 1.807) is 0 Å². The quantitative estimate of drug-likeness (QED) is 0.115. The zero-order chi connectivity index (χ0) is 97.3. The highest BCUT2D eigenvalue weighted by molar-refractivity contribution is 6.01. The largest absolute Gasteiger partial charge is 0.220 e. The zero-order valence-corrected chi connectivity index (χ0v) is 86.4. The fourth-order valence-electron chi connectivity index (χ4n) is 25.2. The maximum atomic E-state index is 14.4. The Morgan fingerprint density at radius 2 is 0.667 bits per heavy atom. The van der Waals surface area contributed by atoms with Crippen LogP contribution >= 0.6 is 0 Å². The molecule has 5 fully saturated rings. The van der Waals surface area contributed by atoms with Crippen molar-refractivity contribution < 1.29 is 28.6 Å². The molecular formula is C132H147FN5+5. The summed E-state index contributed by atoms with van der Waals surface area (Å²) in [6.07, 6.45) is 29.0. The highest BCUT2D eigenvalue weighted by Crippen LogP contribution is 2.52. The van der Waals surface area contributed by atoms with Crippen LogP contribution in [-0.2, 0) is 47.1 Å². The van der Waals surface area contributed by atoms with Crippen molar-refractivity contribution in [2.75, 3.05) is 0 Å². The summed E-state index contributed by atoms with van der Waals surface area (Å²) in [6.45, 7) is 32.6. The van der Waals surface area contributed by atoms with E-state index in [0.29, 0.717) is 23.6 Å². The Kier molecular flexibility index (Phi) is 26.9. The van der Waals surface area contributed by atoms with Gasteiger partial charge in [-0.2, -0.15) is 18.3 Å². The van der Waals surface area contributed by atoms with E-state index in [1.165, 1.54) is 351 Å². The highest BCUT2D eigenvalue weighted by Gasteiger charge is 2.38. The topological polar surface area (TPSA) is 19.4 Å². The molecule has 0 amide bonds. The van der Waals surface area contributed by atoms with Crippen LogP contribution in [0.3, 0.4) is 0 Å². The third kappa shape index (κ3) is 18.5. The van der Waals surface area contributed by atoms with E-state index < -0.39 is 0 Å². The van der Waals surface area contributed by atoms with E-state index in [1.807, 2.05) is 44.5 Å². The molecule has 5 nitrogen and oxygen atoms in total. The fraction of sp³-hybridized carbons (Fsp3) is 0.356. The number of rotatable bonds is 11. The molecule has 17 aromatic rings. The SMILES string of the molecule is Cc1cc(-c2c3ccc(C4CCCC4)cc3cc(C)[n+]2C)c(C)c(C)c1F.Cc1cc2c(cc1-c1c3ccc(C4CCCC4)cc3cc(C)[n+]1C)C(C)(C)c1ccccc1-2.Cc1cc2ccccc2cc1-c1c2ccc(C3CCCC3)cc2cc(C)[n+]1C.Cc1ccccc1-c1c2ccc(CC3CCCC3)cc2cc(C)[n+]1C.[2H]c1cc2cc(C3CCCC3)ccc2c(-c2cc(C)cc(C)c2C)[n+]1C. The second kappa shape index (κ2) is 39.6. The molecule has 5 heterocycles. The van der Waals surface area contributed by atoms with Crippen molar-refractivity contribution in [3.63, 3.8) is 0 Å². The Bertz CT molecular complexity index is 7660. The molecule has 6 aliphatic rings. The minimum absolute atomic E-state index is 0.0161. The van der Waals surface area contributed by atoms with Gasteiger partial charge in [0.15, 0.2) is 28.9 Å². The first-order chi connectivity index (χ1) is 66.9. The number of aryl methyl sites for hydroxylation is 10. The van der Waals surface area contributed by atoms with Gasteiger partial charge < -0.3 is 0 Å².